The van der Waals surface area contributed by atoms with E-state index in [0.717, 1.165) is 0 Å². The van der Waals surface area contributed by atoms with Gasteiger partial charge in [-0.3, -0.25) is 4.79 Å². The fraction of sp³-hybridized carbons (Fsp3) is 0.0769. The third-order valence-electron chi connectivity index (χ3n) is 2.62. The van der Waals surface area contributed by atoms with Crippen LogP contribution in [0, 0.1) is 5.82 Å². The van der Waals surface area contributed by atoms with Crippen molar-refractivity contribution in [2.75, 3.05) is 0 Å². The Labute approximate surface area is 112 Å². The van der Waals surface area contributed by atoms with Crippen molar-refractivity contribution in [2.24, 2.45) is 0 Å². The highest BCUT2D eigenvalue weighted by Crippen LogP contribution is 2.19. The number of nitrogens with zero attached hydrogens (tertiary/aromatic N) is 4. The number of aldehydes is 1. The van der Waals surface area contributed by atoms with Gasteiger partial charge in [0.15, 0.2) is 6.29 Å². The van der Waals surface area contributed by atoms with Crippen LogP contribution < -0.4 is 0 Å². The molecule has 7 heteroatoms. The summed E-state index contributed by atoms with van der Waals surface area (Å²) < 4.78 is 19.9. The van der Waals surface area contributed by atoms with Crippen molar-refractivity contribution in [1.29, 1.82) is 0 Å². The minimum Gasteiger partial charge on any atom is -0.444 e. The first-order valence-electron chi connectivity index (χ1n) is 5.80. The maximum atomic E-state index is 13.1. The van der Waals surface area contributed by atoms with Crippen molar-refractivity contribution in [3.63, 3.8) is 0 Å². The van der Waals surface area contributed by atoms with Crippen LogP contribution in [0.1, 0.15) is 16.2 Å². The zero-order valence-corrected chi connectivity index (χ0v) is 10.2. The first-order valence-corrected chi connectivity index (χ1v) is 5.80. The molecule has 0 amide bonds. The van der Waals surface area contributed by atoms with Gasteiger partial charge in [0, 0.05) is 5.56 Å². The molecule has 0 N–H and O–H groups in total. The summed E-state index contributed by atoms with van der Waals surface area (Å²) in [6.07, 6.45) is 3.58. The average Bonchev–Trinajstić information content (AvgIpc) is 3.08. The van der Waals surface area contributed by atoms with Crippen LogP contribution in [0.25, 0.3) is 11.5 Å². The Morgan fingerprint density at radius 3 is 3.05 bits per heavy atom. The van der Waals surface area contributed by atoms with Gasteiger partial charge >= 0.3 is 0 Å². The zero-order chi connectivity index (χ0) is 13.9. The first-order chi connectivity index (χ1) is 9.74. The number of benzene rings is 1. The molecule has 0 unspecified atom stereocenters. The summed E-state index contributed by atoms with van der Waals surface area (Å²) in [6.45, 7) is 0.319. The van der Waals surface area contributed by atoms with Crippen LogP contribution in [-0.2, 0) is 6.54 Å². The second-order valence-corrected chi connectivity index (χ2v) is 4.11. The lowest BCUT2D eigenvalue weighted by Crippen LogP contribution is -2.00. The SMILES string of the molecule is O=Cc1cn(Cc2coc(-c3cccc(F)c3)n2)nn1. The summed E-state index contributed by atoms with van der Waals surface area (Å²) >= 11 is 0. The van der Waals surface area contributed by atoms with Gasteiger partial charge in [-0.1, -0.05) is 11.3 Å². The summed E-state index contributed by atoms with van der Waals surface area (Å²) in [5.41, 5.74) is 1.41. The number of hydrogen-bond acceptors (Lipinski definition) is 5. The highest BCUT2D eigenvalue weighted by atomic mass is 19.1. The molecule has 0 bridgehead atoms. The minimum absolute atomic E-state index is 0.249. The molecule has 2 aromatic heterocycles. The van der Waals surface area contributed by atoms with E-state index >= 15 is 0 Å². The Bertz CT molecular complexity index is 750. The minimum atomic E-state index is -0.353. The third kappa shape index (κ3) is 2.46. The quantitative estimate of drug-likeness (QED) is 0.678. The van der Waals surface area contributed by atoms with Crippen LogP contribution in [0.4, 0.5) is 4.39 Å². The van der Waals surface area contributed by atoms with E-state index in [1.807, 2.05) is 0 Å². The summed E-state index contributed by atoms with van der Waals surface area (Å²) in [6, 6.07) is 5.99. The van der Waals surface area contributed by atoms with Crippen molar-refractivity contribution >= 4 is 6.29 Å². The molecule has 3 rings (SSSR count). The zero-order valence-electron chi connectivity index (χ0n) is 10.2. The number of aromatic nitrogens is 4. The average molecular weight is 272 g/mol. The molecule has 0 saturated heterocycles. The largest absolute Gasteiger partial charge is 0.444 e. The lowest BCUT2D eigenvalue weighted by Gasteiger charge is -1.95. The summed E-state index contributed by atoms with van der Waals surface area (Å²) in [7, 11) is 0. The molecular formula is C13H9FN4O2. The predicted octanol–water partition coefficient (Wildman–Crippen LogP) is 1.93. The summed E-state index contributed by atoms with van der Waals surface area (Å²) in [5, 5.41) is 7.42. The van der Waals surface area contributed by atoms with Crippen molar-refractivity contribution in [2.45, 2.75) is 6.54 Å². The van der Waals surface area contributed by atoms with Crippen molar-refractivity contribution < 1.29 is 13.6 Å². The number of hydrogen-bond donors (Lipinski definition) is 0. The molecule has 6 nitrogen and oxygen atoms in total. The lowest BCUT2D eigenvalue weighted by molar-refractivity contribution is 0.111. The van der Waals surface area contributed by atoms with Crippen LogP contribution in [-0.4, -0.2) is 26.3 Å². The molecule has 100 valence electrons. The summed E-state index contributed by atoms with van der Waals surface area (Å²) in [4.78, 5) is 14.7. The maximum Gasteiger partial charge on any atom is 0.226 e. The molecule has 20 heavy (non-hydrogen) atoms. The molecule has 1 aromatic carbocycles. The molecule has 0 saturated carbocycles. The summed E-state index contributed by atoms with van der Waals surface area (Å²) in [5.74, 6) is -0.0237. The topological polar surface area (TPSA) is 73.8 Å². The maximum absolute atomic E-state index is 13.1. The van der Waals surface area contributed by atoms with E-state index < -0.39 is 0 Å². The molecule has 0 fully saturated rings. The second kappa shape index (κ2) is 5.04. The highest BCUT2D eigenvalue weighted by Gasteiger charge is 2.09. The number of rotatable bonds is 4. The normalized spacial score (nSPS) is 10.7. The van der Waals surface area contributed by atoms with Crippen LogP contribution in [0.15, 0.2) is 41.1 Å². The van der Waals surface area contributed by atoms with Gasteiger partial charge in [0.1, 0.15) is 23.5 Å². The van der Waals surface area contributed by atoms with Gasteiger partial charge in [-0.05, 0) is 18.2 Å². The number of halogens is 1. The molecule has 2 heterocycles. The van der Waals surface area contributed by atoms with Crippen LogP contribution >= 0.6 is 0 Å². The van der Waals surface area contributed by atoms with Gasteiger partial charge in [0.05, 0.1) is 12.7 Å². The Morgan fingerprint density at radius 2 is 2.30 bits per heavy atom. The second-order valence-electron chi connectivity index (χ2n) is 4.11. The molecule has 0 atom stereocenters. The molecular weight excluding hydrogens is 263 g/mol. The van der Waals surface area contributed by atoms with Gasteiger partial charge in [-0.15, -0.1) is 5.10 Å². The van der Waals surface area contributed by atoms with E-state index in [2.05, 4.69) is 15.3 Å². The molecule has 0 aliphatic rings. The first kappa shape index (κ1) is 12.2. The Morgan fingerprint density at radius 1 is 1.40 bits per heavy atom. The monoisotopic (exact) mass is 272 g/mol. The van der Waals surface area contributed by atoms with Gasteiger partial charge in [-0.25, -0.2) is 14.1 Å². The lowest BCUT2D eigenvalue weighted by atomic mass is 10.2. The highest BCUT2D eigenvalue weighted by molar-refractivity contribution is 5.70. The smallest absolute Gasteiger partial charge is 0.226 e. The number of carbonyl (C=O) groups excluding carboxylic acids is 1. The van der Waals surface area contributed by atoms with Crippen molar-refractivity contribution in [3.05, 3.63) is 53.9 Å². The standard InChI is InChI=1S/C13H9FN4O2/c14-10-3-1-2-9(4-10)13-15-12(8-20-13)6-18-5-11(7-19)16-17-18/h1-5,7-8H,6H2. The Balaban J connectivity index is 1.81. The number of oxazole rings is 1. The van der Waals surface area contributed by atoms with Crippen LogP contribution in [0.5, 0.6) is 0 Å². The van der Waals surface area contributed by atoms with Crippen molar-refractivity contribution in [1.82, 2.24) is 20.0 Å². The van der Waals surface area contributed by atoms with E-state index in [-0.39, 0.29) is 11.5 Å². The fourth-order valence-electron chi connectivity index (χ4n) is 1.74. The molecule has 0 radical (unpaired) electrons. The molecule has 3 aromatic rings. The molecule has 0 aliphatic carbocycles. The van der Waals surface area contributed by atoms with E-state index in [1.165, 1.54) is 29.3 Å². The van der Waals surface area contributed by atoms with E-state index in [1.54, 1.807) is 12.1 Å². The van der Waals surface area contributed by atoms with E-state index in [9.17, 15) is 9.18 Å². The fourth-order valence-corrected chi connectivity index (χ4v) is 1.74. The Hall–Kier alpha value is -2.83. The third-order valence-corrected chi connectivity index (χ3v) is 2.62. The van der Waals surface area contributed by atoms with Crippen LogP contribution in [0.3, 0.4) is 0 Å². The molecule has 0 aliphatic heterocycles. The van der Waals surface area contributed by atoms with E-state index in [0.29, 0.717) is 30.0 Å². The van der Waals surface area contributed by atoms with Gasteiger partial charge in [0.25, 0.3) is 0 Å². The van der Waals surface area contributed by atoms with Crippen LogP contribution in [0.2, 0.25) is 0 Å². The van der Waals surface area contributed by atoms with Gasteiger partial charge < -0.3 is 4.42 Å². The van der Waals surface area contributed by atoms with Gasteiger partial charge in [0.2, 0.25) is 5.89 Å². The van der Waals surface area contributed by atoms with E-state index in [4.69, 9.17) is 4.42 Å². The van der Waals surface area contributed by atoms with Gasteiger partial charge in [-0.2, -0.15) is 0 Å². The predicted molar refractivity (Wildman–Crippen MR) is 66.4 cm³/mol. The number of carbonyl (C=O) groups is 1. The Kier molecular flexibility index (Phi) is 3.08. The molecule has 0 spiro atoms. The van der Waals surface area contributed by atoms with Crippen molar-refractivity contribution in [3.8, 4) is 11.5 Å².